The van der Waals surface area contributed by atoms with Gasteiger partial charge in [-0.25, -0.2) is 0 Å². The van der Waals surface area contributed by atoms with E-state index in [2.05, 4.69) is 5.32 Å². The van der Waals surface area contributed by atoms with Gasteiger partial charge in [-0.2, -0.15) is 0 Å². The van der Waals surface area contributed by atoms with Crippen molar-refractivity contribution in [3.05, 3.63) is 35.4 Å². The molecule has 0 saturated heterocycles. The average Bonchev–Trinajstić information content (AvgIpc) is 3.21. The van der Waals surface area contributed by atoms with Crippen LogP contribution in [0.15, 0.2) is 24.3 Å². The maximum absolute atomic E-state index is 11.8. The second-order valence-corrected chi connectivity index (χ2v) is 5.24. The van der Waals surface area contributed by atoms with E-state index in [1.807, 2.05) is 24.3 Å². The SMILES string of the molecule is COCc1cccc(CNC(=O)CC(N)C2CC2)c1. The van der Waals surface area contributed by atoms with Crippen LogP contribution in [0.3, 0.4) is 0 Å². The summed E-state index contributed by atoms with van der Waals surface area (Å²) in [5.41, 5.74) is 8.14. The van der Waals surface area contributed by atoms with E-state index in [1.54, 1.807) is 7.11 Å². The van der Waals surface area contributed by atoms with Crippen LogP contribution in [0.1, 0.15) is 30.4 Å². The minimum absolute atomic E-state index is 0.0276. The third kappa shape index (κ3) is 4.65. The topological polar surface area (TPSA) is 64.3 Å². The molecule has 2 rings (SSSR count). The van der Waals surface area contributed by atoms with Gasteiger partial charge in [0.1, 0.15) is 0 Å². The normalized spacial score (nSPS) is 16.1. The minimum Gasteiger partial charge on any atom is -0.380 e. The highest BCUT2D eigenvalue weighted by molar-refractivity contribution is 5.76. The third-order valence-corrected chi connectivity index (χ3v) is 3.44. The highest BCUT2D eigenvalue weighted by Crippen LogP contribution is 2.32. The van der Waals surface area contributed by atoms with Crippen LogP contribution >= 0.6 is 0 Å². The molecule has 0 bridgehead atoms. The van der Waals surface area contributed by atoms with Gasteiger partial charge in [-0.1, -0.05) is 24.3 Å². The summed E-state index contributed by atoms with van der Waals surface area (Å²) in [6, 6.07) is 8.06. The van der Waals surface area contributed by atoms with Crippen LogP contribution in [0.4, 0.5) is 0 Å². The lowest BCUT2D eigenvalue weighted by atomic mass is 10.1. The maximum Gasteiger partial charge on any atom is 0.221 e. The molecule has 4 heteroatoms. The molecule has 0 spiro atoms. The lowest BCUT2D eigenvalue weighted by Gasteiger charge is -2.11. The van der Waals surface area contributed by atoms with Crippen LogP contribution in [0.2, 0.25) is 0 Å². The zero-order valence-electron chi connectivity index (χ0n) is 11.4. The van der Waals surface area contributed by atoms with Crippen molar-refractivity contribution in [2.45, 2.75) is 38.5 Å². The number of carbonyl (C=O) groups excluding carboxylic acids is 1. The minimum atomic E-state index is 0.0276. The summed E-state index contributed by atoms with van der Waals surface area (Å²) in [6.07, 6.45) is 2.78. The van der Waals surface area contributed by atoms with Crippen molar-refractivity contribution in [3.8, 4) is 0 Å². The number of hydrogen-bond acceptors (Lipinski definition) is 3. The molecule has 1 aliphatic carbocycles. The highest BCUT2D eigenvalue weighted by Gasteiger charge is 2.29. The number of benzene rings is 1. The monoisotopic (exact) mass is 262 g/mol. The second kappa shape index (κ2) is 6.68. The van der Waals surface area contributed by atoms with Crippen molar-refractivity contribution in [1.29, 1.82) is 0 Å². The Morgan fingerprint density at radius 1 is 1.47 bits per heavy atom. The molecule has 1 atom stereocenters. The number of carbonyl (C=O) groups is 1. The van der Waals surface area contributed by atoms with Gasteiger partial charge in [-0.15, -0.1) is 0 Å². The lowest BCUT2D eigenvalue weighted by Crippen LogP contribution is -2.32. The van der Waals surface area contributed by atoms with E-state index in [4.69, 9.17) is 10.5 Å². The Hall–Kier alpha value is -1.39. The van der Waals surface area contributed by atoms with E-state index in [0.717, 1.165) is 11.1 Å². The van der Waals surface area contributed by atoms with E-state index in [1.165, 1.54) is 12.8 Å². The Morgan fingerprint density at radius 2 is 2.21 bits per heavy atom. The van der Waals surface area contributed by atoms with Gasteiger partial charge in [0.15, 0.2) is 0 Å². The fourth-order valence-corrected chi connectivity index (χ4v) is 2.17. The highest BCUT2D eigenvalue weighted by atomic mass is 16.5. The van der Waals surface area contributed by atoms with E-state index in [0.29, 0.717) is 25.5 Å². The molecule has 1 saturated carbocycles. The van der Waals surface area contributed by atoms with Gasteiger partial charge in [-0.3, -0.25) is 4.79 Å². The van der Waals surface area contributed by atoms with Crippen molar-refractivity contribution >= 4 is 5.91 Å². The smallest absolute Gasteiger partial charge is 0.221 e. The number of nitrogens with two attached hydrogens (primary N) is 1. The predicted molar refractivity (Wildman–Crippen MR) is 74.3 cm³/mol. The number of amides is 1. The number of rotatable bonds is 7. The summed E-state index contributed by atoms with van der Waals surface area (Å²) >= 11 is 0. The van der Waals surface area contributed by atoms with Crippen molar-refractivity contribution < 1.29 is 9.53 Å². The van der Waals surface area contributed by atoms with E-state index >= 15 is 0 Å². The molecule has 0 aliphatic heterocycles. The molecule has 19 heavy (non-hydrogen) atoms. The summed E-state index contributed by atoms with van der Waals surface area (Å²) < 4.78 is 5.09. The van der Waals surface area contributed by atoms with Crippen molar-refractivity contribution in [1.82, 2.24) is 5.32 Å². The first kappa shape index (κ1) is 14.0. The summed E-state index contributed by atoms with van der Waals surface area (Å²) in [7, 11) is 1.67. The summed E-state index contributed by atoms with van der Waals surface area (Å²) in [4.78, 5) is 11.8. The van der Waals surface area contributed by atoms with Crippen molar-refractivity contribution in [2.24, 2.45) is 11.7 Å². The van der Waals surface area contributed by atoms with Crippen LogP contribution in [0.5, 0.6) is 0 Å². The van der Waals surface area contributed by atoms with Gasteiger partial charge in [-0.05, 0) is 29.9 Å². The standard InChI is InChI=1S/C15H22N2O2/c1-19-10-12-4-2-3-11(7-12)9-17-15(18)8-14(16)13-5-6-13/h2-4,7,13-14H,5-6,8-10,16H2,1H3,(H,17,18). The summed E-state index contributed by atoms with van der Waals surface area (Å²) in [6.45, 7) is 1.14. The van der Waals surface area contributed by atoms with Crippen LogP contribution in [-0.2, 0) is 22.7 Å². The molecule has 0 heterocycles. The van der Waals surface area contributed by atoms with Gasteiger partial charge in [0.2, 0.25) is 5.91 Å². The van der Waals surface area contributed by atoms with Gasteiger partial charge in [0, 0.05) is 26.1 Å². The third-order valence-electron chi connectivity index (χ3n) is 3.44. The quantitative estimate of drug-likeness (QED) is 0.784. The summed E-state index contributed by atoms with van der Waals surface area (Å²) in [5, 5.41) is 2.92. The molecule has 1 aromatic rings. The average molecular weight is 262 g/mol. The zero-order chi connectivity index (χ0) is 13.7. The molecule has 3 N–H and O–H groups in total. The molecule has 1 amide bonds. The molecule has 1 fully saturated rings. The van der Waals surface area contributed by atoms with Gasteiger partial charge >= 0.3 is 0 Å². The van der Waals surface area contributed by atoms with Crippen molar-refractivity contribution in [2.75, 3.05) is 7.11 Å². The fraction of sp³-hybridized carbons (Fsp3) is 0.533. The Morgan fingerprint density at radius 3 is 2.89 bits per heavy atom. The molecular weight excluding hydrogens is 240 g/mol. The first-order valence-electron chi connectivity index (χ1n) is 6.78. The number of methoxy groups -OCH3 is 1. The summed E-state index contributed by atoms with van der Waals surface area (Å²) in [5.74, 6) is 0.604. The number of hydrogen-bond donors (Lipinski definition) is 2. The van der Waals surface area contributed by atoms with Gasteiger partial charge in [0.25, 0.3) is 0 Å². The molecule has 0 aromatic heterocycles. The Labute approximate surface area is 114 Å². The van der Waals surface area contributed by atoms with Crippen molar-refractivity contribution in [3.63, 3.8) is 0 Å². The molecule has 4 nitrogen and oxygen atoms in total. The second-order valence-electron chi connectivity index (χ2n) is 5.24. The molecule has 104 valence electrons. The molecular formula is C15H22N2O2. The fourth-order valence-electron chi connectivity index (χ4n) is 2.17. The van der Waals surface area contributed by atoms with Crippen LogP contribution in [0, 0.1) is 5.92 Å². The van der Waals surface area contributed by atoms with E-state index in [-0.39, 0.29) is 11.9 Å². The van der Waals surface area contributed by atoms with Crippen LogP contribution < -0.4 is 11.1 Å². The lowest BCUT2D eigenvalue weighted by molar-refractivity contribution is -0.121. The molecule has 0 radical (unpaired) electrons. The first-order chi connectivity index (χ1) is 9.19. The Bertz CT molecular complexity index is 430. The van der Waals surface area contributed by atoms with E-state index < -0.39 is 0 Å². The Kier molecular flexibility index (Phi) is 4.93. The Balaban J connectivity index is 1.77. The van der Waals surface area contributed by atoms with Gasteiger partial charge in [0.05, 0.1) is 6.61 Å². The van der Waals surface area contributed by atoms with Gasteiger partial charge < -0.3 is 15.8 Å². The molecule has 1 unspecified atom stereocenters. The number of ether oxygens (including phenoxy) is 1. The first-order valence-corrected chi connectivity index (χ1v) is 6.78. The zero-order valence-corrected chi connectivity index (χ0v) is 11.4. The molecule has 1 aliphatic rings. The maximum atomic E-state index is 11.8. The van der Waals surface area contributed by atoms with E-state index in [9.17, 15) is 4.79 Å². The largest absolute Gasteiger partial charge is 0.380 e. The predicted octanol–water partition coefficient (Wildman–Crippen LogP) is 1.58. The van der Waals surface area contributed by atoms with Crippen LogP contribution in [-0.4, -0.2) is 19.1 Å². The molecule has 1 aromatic carbocycles. The number of nitrogens with one attached hydrogen (secondary N) is 1. The van der Waals surface area contributed by atoms with Crippen LogP contribution in [0.25, 0.3) is 0 Å².